The van der Waals surface area contributed by atoms with Crippen molar-refractivity contribution in [2.45, 2.75) is 335 Å². The van der Waals surface area contributed by atoms with Crippen LogP contribution >= 0.6 is 0 Å². The molecule has 0 bridgehead atoms. The van der Waals surface area contributed by atoms with Gasteiger partial charge in [-0.25, -0.2) is 0 Å². The zero-order valence-electron chi connectivity index (χ0n) is 62.8. The maximum atomic E-state index is 5.38. The number of rotatable bonds is 46. The van der Waals surface area contributed by atoms with Gasteiger partial charge >= 0.3 is 0 Å². The van der Waals surface area contributed by atoms with Crippen molar-refractivity contribution in [3.05, 3.63) is 0 Å². The van der Waals surface area contributed by atoms with Crippen molar-refractivity contribution < 1.29 is 4.74 Å². The molecule has 0 saturated heterocycles. The lowest BCUT2D eigenvalue weighted by Crippen LogP contribution is -2.37. The molecule has 14 nitrogen and oxygen atoms in total. The van der Waals surface area contributed by atoms with Gasteiger partial charge in [-0.2, -0.15) is 0 Å². The molecule has 0 aromatic carbocycles. The van der Waals surface area contributed by atoms with Gasteiger partial charge in [0.05, 0.1) is 6.61 Å². The molecule has 0 radical (unpaired) electrons. The Morgan fingerprint density at radius 1 is 0.274 bits per heavy atom. The first-order chi connectivity index (χ1) is 39.5. The van der Waals surface area contributed by atoms with Gasteiger partial charge < -0.3 is 74.3 Å². The molecule has 0 heterocycles. The van der Waals surface area contributed by atoms with Gasteiger partial charge in [-0.05, 0) is 244 Å². The highest BCUT2D eigenvalue weighted by molar-refractivity contribution is 4.71. The molecule has 0 aromatic rings. The van der Waals surface area contributed by atoms with Gasteiger partial charge in [0.25, 0.3) is 0 Å². The second kappa shape index (κ2) is 82.4. The average Bonchev–Trinajstić information content (AvgIpc) is 3.40. The summed E-state index contributed by atoms with van der Waals surface area (Å²) in [5, 5.41) is 40.7. The van der Waals surface area contributed by atoms with Crippen LogP contribution in [0, 0.1) is 0 Å². The molecule has 0 aliphatic carbocycles. The Labute approximate surface area is 532 Å². The smallest absolute Gasteiger partial charge is 0.0587 e. The Morgan fingerprint density at radius 3 is 0.833 bits per heavy atom. The van der Waals surface area contributed by atoms with Crippen LogP contribution in [0.1, 0.15) is 289 Å². The summed E-state index contributed by atoms with van der Waals surface area (Å²) >= 11 is 0. The number of ether oxygens (including phenoxy) is 1. The van der Waals surface area contributed by atoms with Gasteiger partial charge in [-0.1, -0.05) is 149 Å². The minimum atomic E-state index is 0.267. The highest BCUT2D eigenvalue weighted by Crippen LogP contribution is 2.01. The molecule has 0 aliphatic rings. The quantitative estimate of drug-likeness (QED) is 0.0259. The van der Waals surface area contributed by atoms with E-state index in [2.05, 4.69) is 237 Å². The largest absolute Gasteiger partial charge is 0.383 e. The van der Waals surface area contributed by atoms with Crippen LogP contribution in [0.3, 0.4) is 0 Å². The normalized spacial score (nSPS) is 11.3. The summed E-state index contributed by atoms with van der Waals surface area (Å²) in [4.78, 5) is 0. The van der Waals surface area contributed by atoms with Crippen LogP contribution in [0.25, 0.3) is 0 Å². The van der Waals surface area contributed by atoms with Gasteiger partial charge in [0.2, 0.25) is 0 Å². The molecule has 84 heavy (non-hydrogen) atoms. The number of nitrogens with one attached hydrogen (secondary N) is 12. The number of hydrogen-bond donors (Lipinski definition) is 13. The van der Waals surface area contributed by atoms with E-state index in [0.717, 1.165) is 105 Å². The maximum absolute atomic E-state index is 5.38. The second-order valence-electron chi connectivity index (χ2n) is 27.1. The first-order valence-electron chi connectivity index (χ1n) is 35.5. The second-order valence-corrected chi connectivity index (χ2v) is 27.1. The third kappa shape index (κ3) is 149. The van der Waals surface area contributed by atoms with E-state index in [-0.39, 0.29) is 16.6 Å². The fourth-order valence-electron chi connectivity index (χ4n) is 6.74. The fourth-order valence-corrected chi connectivity index (χ4v) is 6.74. The van der Waals surface area contributed by atoms with Gasteiger partial charge in [0.1, 0.15) is 0 Å². The lowest BCUT2D eigenvalue weighted by atomic mass is 10.1. The van der Waals surface area contributed by atoms with Crippen molar-refractivity contribution in [3.63, 3.8) is 0 Å². The molecule has 14 heteroatoms. The summed E-state index contributed by atoms with van der Waals surface area (Å²) in [5.41, 5.74) is 6.18. The van der Waals surface area contributed by atoms with Crippen LogP contribution in [-0.4, -0.2) is 172 Å². The van der Waals surface area contributed by atoms with Crippen molar-refractivity contribution in [2.24, 2.45) is 5.73 Å². The van der Waals surface area contributed by atoms with Crippen LogP contribution in [0.2, 0.25) is 0 Å². The summed E-state index contributed by atoms with van der Waals surface area (Å²) in [6, 6.07) is 3.15. The maximum Gasteiger partial charge on any atom is 0.0587 e. The van der Waals surface area contributed by atoms with E-state index in [9.17, 15) is 0 Å². The third-order valence-electron chi connectivity index (χ3n) is 11.6. The standard InChI is InChI=1S/C13H31N3.C11H26N2.C10H24N2.C9H22N2.C9H21N.C6H15NO.2C6H15N/c1-4-5-8-14-9-6-10-15-11-7-12-16-13(2)3;1-5-6-8-12-9-7-10-13-11(2,3)4;1-5-7-11-8-6-9-12-10(2,3)4;1-9(2,3)11-8-6-4-5-7-10;1-4-5-6-7-8-10-9(2)3;1-6(2)7-4-5-8-3;2*1-4-5-7-6(2)3/h13-16H,4-12H2,1-3H3;12-13H,5-10H2,1-4H3;11-12H,5-9H2,1-4H3;11H,4-8,10H2,1-3H3;9-10H,4-8H2,1-3H3;6-7H,4-5H2,1-3H3;2*6-7H,4-5H2,1-3H3. The molecule has 0 unspecified atom stereocenters. The van der Waals surface area contributed by atoms with E-state index in [0.29, 0.717) is 30.2 Å². The van der Waals surface area contributed by atoms with E-state index >= 15 is 0 Å². The summed E-state index contributed by atoms with van der Waals surface area (Å²) in [5.74, 6) is 0. The van der Waals surface area contributed by atoms with E-state index in [4.69, 9.17) is 10.5 Å². The molecule has 0 fully saturated rings. The van der Waals surface area contributed by atoms with Crippen molar-refractivity contribution >= 4 is 0 Å². The SMILES string of the molecule is CC(C)(C)NCCCCCN.CCCCCCNC(C)C.CCCCNCCCNC(C)(C)C.CCCCNCCCNCCCNC(C)C.CCCNC(C)C.CCCNC(C)C.CCCNCCCNC(C)(C)C.COCCNC(C)C. The lowest BCUT2D eigenvalue weighted by molar-refractivity contribution is 0.197. The van der Waals surface area contributed by atoms with Gasteiger partial charge in [-0.15, -0.1) is 0 Å². The number of hydrogen-bond acceptors (Lipinski definition) is 14. The Hall–Kier alpha value is -0.560. The Kier molecular flexibility index (Phi) is 97.8. The van der Waals surface area contributed by atoms with Gasteiger partial charge in [-0.3, -0.25) is 0 Å². The minimum absolute atomic E-state index is 0.267. The van der Waals surface area contributed by atoms with Crippen LogP contribution in [0.15, 0.2) is 0 Å². The number of unbranched alkanes of at least 4 members (excludes halogenated alkanes) is 7. The number of nitrogens with two attached hydrogens (primary N) is 1. The van der Waals surface area contributed by atoms with Gasteiger partial charge in [0, 0.05) is 60.5 Å². The molecule has 0 rings (SSSR count). The first-order valence-corrected chi connectivity index (χ1v) is 35.5. The predicted octanol–water partition coefficient (Wildman–Crippen LogP) is 13.2. The molecular formula is C70H169N13O. The Bertz CT molecular complexity index is 1050. The first kappa shape index (κ1) is 99.6. The zero-order valence-corrected chi connectivity index (χ0v) is 62.8. The van der Waals surface area contributed by atoms with Crippen LogP contribution < -0.4 is 69.5 Å². The highest BCUT2D eigenvalue weighted by atomic mass is 16.5. The predicted molar refractivity (Wildman–Crippen MR) is 389 cm³/mol. The Balaban J connectivity index is -0.000000133. The molecule has 0 atom stereocenters. The van der Waals surface area contributed by atoms with Crippen molar-refractivity contribution in [2.75, 3.05) is 125 Å². The van der Waals surface area contributed by atoms with Crippen molar-refractivity contribution in [1.29, 1.82) is 0 Å². The van der Waals surface area contributed by atoms with Crippen LogP contribution in [0.4, 0.5) is 0 Å². The topological polar surface area (TPSA) is 180 Å². The molecule has 520 valence electrons. The van der Waals surface area contributed by atoms with Crippen molar-refractivity contribution in [3.8, 4) is 0 Å². The molecule has 0 aromatic heterocycles. The summed E-state index contributed by atoms with van der Waals surface area (Å²) in [7, 11) is 1.71. The monoisotopic (exact) mass is 1210 g/mol. The highest BCUT2D eigenvalue weighted by Gasteiger charge is 2.08. The van der Waals surface area contributed by atoms with Crippen LogP contribution in [-0.2, 0) is 4.74 Å². The molecule has 0 saturated carbocycles. The summed E-state index contributed by atoms with van der Waals surface area (Å²) < 4.78 is 4.83. The van der Waals surface area contributed by atoms with E-state index in [1.165, 1.54) is 129 Å². The Morgan fingerprint density at radius 2 is 0.536 bits per heavy atom. The van der Waals surface area contributed by atoms with Crippen LogP contribution in [0.5, 0.6) is 0 Å². The lowest BCUT2D eigenvalue weighted by Gasteiger charge is -2.20. The third-order valence-corrected chi connectivity index (χ3v) is 11.6. The number of methoxy groups -OCH3 is 1. The molecule has 0 aliphatic heterocycles. The molecule has 14 N–H and O–H groups in total. The van der Waals surface area contributed by atoms with E-state index in [1.807, 2.05) is 0 Å². The zero-order chi connectivity index (χ0) is 66.0. The summed E-state index contributed by atoms with van der Waals surface area (Å²) in [6.07, 6.45) is 22.9. The summed E-state index contributed by atoms with van der Waals surface area (Å²) in [6.45, 7) is 74.4. The average molecular weight is 1210 g/mol. The molecule has 0 amide bonds. The van der Waals surface area contributed by atoms with Gasteiger partial charge in [0.15, 0.2) is 0 Å². The van der Waals surface area contributed by atoms with E-state index in [1.54, 1.807) is 7.11 Å². The molecular weight excluding hydrogens is 1040 g/mol. The van der Waals surface area contributed by atoms with Crippen molar-refractivity contribution in [1.82, 2.24) is 63.8 Å². The minimum Gasteiger partial charge on any atom is -0.383 e. The fraction of sp³-hybridized carbons (Fsp3) is 1.00. The van der Waals surface area contributed by atoms with E-state index < -0.39 is 0 Å². The molecule has 0 spiro atoms.